The van der Waals surface area contributed by atoms with Crippen molar-refractivity contribution in [1.82, 2.24) is 10.2 Å². The Labute approximate surface area is 191 Å². The van der Waals surface area contributed by atoms with Gasteiger partial charge in [0.05, 0.1) is 19.1 Å². The second-order valence-electron chi connectivity index (χ2n) is 8.31. The number of sulfonamides is 1. The van der Waals surface area contributed by atoms with Gasteiger partial charge in [-0.1, -0.05) is 36.8 Å². The Kier molecular flexibility index (Phi) is 8.15. The molecular weight excluding hydrogens is 426 g/mol. The molecule has 0 saturated carbocycles. The highest BCUT2D eigenvalue weighted by atomic mass is 32.2. The van der Waals surface area contributed by atoms with Crippen molar-refractivity contribution < 1.29 is 17.9 Å². The van der Waals surface area contributed by atoms with Crippen molar-refractivity contribution in [3.63, 3.8) is 0 Å². The number of carbonyl (C=O) groups excluding carboxylic acids is 1. The molecule has 0 aromatic heterocycles. The van der Waals surface area contributed by atoms with E-state index in [0.29, 0.717) is 18.0 Å². The van der Waals surface area contributed by atoms with Gasteiger partial charge in [-0.25, -0.2) is 8.42 Å². The fraction of sp³-hybridized carbons (Fsp3) is 0.458. The predicted octanol–water partition coefficient (Wildman–Crippen LogP) is 3.15. The molecule has 0 aliphatic carbocycles. The molecule has 1 aliphatic rings. The highest BCUT2D eigenvalue weighted by Crippen LogP contribution is 2.25. The first-order chi connectivity index (χ1) is 15.3. The Morgan fingerprint density at radius 2 is 1.75 bits per heavy atom. The summed E-state index contributed by atoms with van der Waals surface area (Å²) in [4.78, 5) is 15.3. The average Bonchev–Trinajstić information content (AvgIpc) is 2.78. The quantitative estimate of drug-likeness (QED) is 0.623. The number of benzene rings is 2. The van der Waals surface area contributed by atoms with Gasteiger partial charge >= 0.3 is 0 Å². The number of anilines is 1. The highest BCUT2D eigenvalue weighted by Gasteiger charge is 2.29. The maximum atomic E-state index is 12.8. The van der Waals surface area contributed by atoms with Crippen LogP contribution in [0.25, 0.3) is 0 Å². The topological polar surface area (TPSA) is 79.0 Å². The first kappa shape index (κ1) is 24.1. The lowest BCUT2D eigenvalue weighted by atomic mass is 10.1. The molecule has 1 saturated heterocycles. The van der Waals surface area contributed by atoms with Crippen LogP contribution in [0.15, 0.2) is 48.5 Å². The molecule has 1 fully saturated rings. The lowest BCUT2D eigenvalue weighted by Gasteiger charge is -2.28. The standard InChI is InChI=1S/C24H33N3O4S/c1-19(27(32(3,29)30)22-8-7-9-23(16-22)31-2)24(28)25-17-20-10-12-21(13-11-20)18-26-14-5-4-6-15-26/h7-13,16,19H,4-6,14-15,17-18H2,1-3H3,(H,25,28). The van der Waals surface area contributed by atoms with E-state index in [1.807, 2.05) is 12.1 Å². The zero-order valence-electron chi connectivity index (χ0n) is 19.1. The molecule has 1 aliphatic heterocycles. The van der Waals surface area contributed by atoms with Crippen molar-refractivity contribution in [1.29, 1.82) is 0 Å². The molecule has 0 bridgehead atoms. The van der Waals surface area contributed by atoms with Crippen LogP contribution in [0.2, 0.25) is 0 Å². The van der Waals surface area contributed by atoms with E-state index < -0.39 is 16.1 Å². The summed E-state index contributed by atoms with van der Waals surface area (Å²) >= 11 is 0. The molecule has 1 amide bonds. The van der Waals surface area contributed by atoms with Crippen molar-refractivity contribution in [3.8, 4) is 5.75 Å². The summed E-state index contributed by atoms with van der Waals surface area (Å²) < 4.78 is 31.2. The van der Waals surface area contributed by atoms with E-state index in [0.717, 1.165) is 35.8 Å². The van der Waals surface area contributed by atoms with Crippen LogP contribution >= 0.6 is 0 Å². The van der Waals surface area contributed by atoms with Gasteiger partial charge in [0.25, 0.3) is 0 Å². The molecule has 1 heterocycles. The van der Waals surface area contributed by atoms with Gasteiger partial charge in [0.1, 0.15) is 11.8 Å². The summed E-state index contributed by atoms with van der Waals surface area (Å²) in [5, 5.41) is 2.86. The first-order valence-electron chi connectivity index (χ1n) is 11.0. The number of carbonyl (C=O) groups is 1. The maximum Gasteiger partial charge on any atom is 0.243 e. The maximum absolute atomic E-state index is 12.8. The smallest absolute Gasteiger partial charge is 0.243 e. The van der Waals surface area contributed by atoms with Crippen LogP contribution in [0.4, 0.5) is 5.69 Å². The Morgan fingerprint density at radius 3 is 2.38 bits per heavy atom. The molecule has 1 atom stereocenters. The molecule has 1 N–H and O–H groups in total. The van der Waals surface area contributed by atoms with Crippen LogP contribution in [0, 0.1) is 0 Å². The van der Waals surface area contributed by atoms with Crippen LogP contribution in [-0.2, 0) is 27.9 Å². The lowest BCUT2D eigenvalue weighted by Crippen LogP contribution is -2.47. The van der Waals surface area contributed by atoms with Crippen molar-refractivity contribution in [2.45, 2.75) is 45.3 Å². The number of amides is 1. The highest BCUT2D eigenvalue weighted by molar-refractivity contribution is 7.92. The first-order valence-corrected chi connectivity index (χ1v) is 12.8. The second kappa shape index (κ2) is 10.8. The van der Waals surface area contributed by atoms with Gasteiger partial charge in [-0.2, -0.15) is 0 Å². The summed E-state index contributed by atoms with van der Waals surface area (Å²) in [7, 11) is -2.17. The van der Waals surface area contributed by atoms with Crippen molar-refractivity contribution in [3.05, 3.63) is 59.7 Å². The molecule has 174 valence electrons. The van der Waals surface area contributed by atoms with Gasteiger partial charge < -0.3 is 10.1 Å². The third kappa shape index (κ3) is 6.46. The normalized spacial score (nSPS) is 15.7. The summed E-state index contributed by atoms with van der Waals surface area (Å²) in [6.07, 6.45) is 4.95. The Morgan fingerprint density at radius 1 is 1.09 bits per heavy atom. The van der Waals surface area contributed by atoms with Crippen LogP contribution < -0.4 is 14.4 Å². The van der Waals surface area contributed by atoms with Crippen LogP contribution in [-0.4, -0.2) is 51.7 Å². The number of methoxy groups -OCH3 is 1. The van der Waals surface area contributed by atoms with Crippen LogP contribution in [0.1, 0.15) is 37.3 Å². The number of nitrogens with zero attached hydrogens (tertiary/aromatic N) is 2. The summed E-state index contributed by atoms with van der Waals surface area (Å²) in [5.74, 6) is 0.157. The number of rotatable bonds is 9. The van der Waals surface area contributed by atoms with Crippen molar-refractivity contribution >= 4 is 21.6 Å². The van der Waals surface area contributed by atoms with Gasteiger partial charge in [0.2, 0.25) is 15.9 Å². The SMILES string of the molecule is COc1cccc(N(C(C)C(=O)NCc2ccc(CN3CCCCC3)cc2)S(C)(=O)=O)c1. The van der Waals surface area contributed by atoms with Crippen molar-refractivity contribution in [2.24, 2.45) is 0 Å². The molecule has 2 aromatic rings. The van der Waals surface area contributed by atoms with Crippen LogP contribution in [0.5, 0.6) is 5.75 Å². The minimum Gasteiger partial charge on any atom is -0.497 e. The molecule has 32 heavy (non-hydrogen) atoms. The summed E-state index contributed by atoms with van der Waals surface area (Å²) in [6.45, 7) is 5.17. The molecule has 0 radical (unpaired) electrons. The fourth-order valence-electron chi connectivity index (χ4n) is 4.03. The molecule has 1 unspecified atom stereocenters. The van der Waals surface area contributed by atoms with E-state index in [2.05, 4.69) is 22.3 Å². The third-order valence-electron chi connectivity index (χ3n) is 5.74. The fourth-order valence-corrected chi connectivity index (χ4v) is 5.20. The van der Waals surface area contributed by atoms with Gasteiger partial charge in [-0.15, -0.1) is 0 Å². The van der Waals surface area contributed by atoms with E-state index in [9.17, 15) is 13.2 Å². The summed E-state index contributed by atoms with van der Waals surface area (Å²) in [6, 6.07) is 14.0. The molecular formula is C24H33N3O4S. The molecule has 8 heteroatoms. The zero-order chi connectivity index (χ0) is 23.1. The van der Waals surface area contributed by atoms with Crippen LogP contribution in [0.3, 0.4) is 0 Å². The minimum absolute atomic E-state index is 0.336. The molecule has 2 aromatic carbocycles. The van der Waals surface area contributed by atoms with E-state index >= 15 is 0 Å². The average molecular weight is 460 g/mol. The zero-order valence-corrected chi connectivity index (χ0v) is 19.9. The van der Waals surface area contributed by atoms with E-state index in [1.54, 1.807) is 31.2 Å². The van der Waals surface area contributed by atoms with Gasteiger partial charge in [0.15, 0.2) is 0 Å². The Hall–Kier alpha value is -2.58. The Balaban J connectivity index is 1.62. The number of likely N-dealkylation sites (tertiary alicyclic amines) is 1. The summed E-state index contributed by atoms with van der Waals surface area (Å²) in [5.41, 5.74) is 2.62. The Bertz CT molecular complexity index is 1000. The number of piperidine rings is 1. The monoisotopic (exact) mass is 459 g/mol. The number of ether oxygens (including phenoxy) is 1. The van der Waals surface area contributed by atoms with E-state index in [1.165, 1.54) is 31.9 Å². The van der Waals surface area contributed by atoms with Gasteiger partial charge in [-0.05, 0) is 56.1 Å². The van der Waals surface area contributed by atoms with Gasteiger partial charge in [0, 0.05) is 19.2 Å². The minimum atomic E-state index is -3.68. The molecule has 0 spiro atoms. The predicted molar refractivity (Wildman–Crippen MR) is 127 cm³/mol. The van der Waals surface area contributed by atoms with E-state index in [-0.39, 0.29) is 5.91 Å². The third-order valence-corrected chi connectivity index (χ3v) is 6.98. The molecule has 7 nitrogen and oxygen atoms in total. The number of hydrogen-bond donors (Lipinski definition) is 1. The number of nitrogens with one attached hydrogen (secondary N) is 1. The second-order valence-corrected chi connectivity index (χ2v) is 10.2. The molecule has 3 rings (SSSR count). The lowest BCUT2D eigenvalue weighted by molar-refractivity contribution is -0.122. The largest absolute Gasteiger partial charge is 0.497 e. The van der Waals surface area contributed by atoms with Gasteiger partial charge in [-0.3, -0.25) is 14.0 Å². The van der Waals surface area contributed by atoms with Crippen molar-refractivity contribution in [2.75, 3.05) is 30.8 Å². The van der Waals surface area contributed by atoms with E-state index in [4.69, 9.17) is 4.74 Å². The number of hydrogen-bond acceptors (Lipinski definition) is 5.